The second kappa shape index (κ2) is 10.4. The van der Waals surface area contributed by atoms with Gasteiger partial charge in [0, 0.05) is 11.6 Å². The van der Waals surface area contributed by atoms with Crippen molar-refractivity contribution in [1.29, 1.82) is 0 Å². The predicted octanol–water partition coefficient (Wildman–Crippen LogP) is 6.82. The molecule has 4 rings (SSSR count). The quantitative estimate of drug-likeness (QED) is 0.268. The minimum Gasteiger partial charge on any atom is -0.487 e. The van der Waals surface area contributed by atoms with Crippen molar-refractivity contribution in [1.82, 2.24) is 4.90 Å². The standard InChI is InChI=1S/C22H18Br2ClNO3S2/c23-17-8-14(9-18(24)20(17)29-12-13-3-5-15(25)6-4-13)10-19-21(27)26(22(30)31-19)11-16-2-1-7-28-16/h3-6,8-10,16H,1-2,7,11-12H2/b19-10-/t16-/m0/s1. The molecular weight excluding hydrogens is 586 g/mol. The monoisotopic (exact) mass is 601 g/mol. The Morgan fingerprint density at radius 3 is 2.61 bits per heavy atom. The summed E-state index contributed by atoms with van der Waals surface area (Å²) in [5, 5.41) is 0.691. The highest BCUT2D eigenvalue weighted by molar-refractivity contribution is 9.11. The van der Waals surface area contributed by atoms with Crippen LogP contribution in [0.15, 0.2) is 50.2 Å². The van der Waals surface area contributed by atoms with Crippen LogP contribution in [-0.2, 0) is 16.1 Å². The van der Waals surface area contributed by atoms with Crippen LogP contribution < -0.4 is 4.74 Å². The minimum atomic E-state index is -0.0687. The number of hydrogen-bond donors (Lipinski definition) is 0. The molecule has 1 amide bonds. The number of nitrogens with zero attached hydrogens (tertiary/aromatic N) is 1. The summed E-state index contributed by atoms with van der Waals surface area (Å²) in [7, 11) is 0. The molecule has 0 aromatic heterocycles. The van der Waals surface area contributed by atoms with Gasteiger partial charge in [-0.25, -0.2) is 0 Å². The predicted molar refractivity (Wildman–Crippen MR) is 136 cm³/mol. The van der Waals surface area contributed by atoms with Crippen LogP contribution in [0.3, 0.4) is 0 Å². The Labute approximate surface area is 212 Å². The lowest BCUT2D eigenvalue weighted by molar-refractivity contribution is -0.123. The number of carbonyl (C=O) groups is 1. The van der Waals surface area contributed by atoms with Crippen LogP contribution in [0.25, 0.3) is 6.08 Å². The molecule has 2 aliphatic rings. The molecule has 0 aliphatic carbocycles. The fourth-order valence-corrected chi connectivity index (χ4v) is 6.19. The number of ether oxygens (including phenoxy) is 2. The molecule has 0 unspecified atom stereocenters. The molecule has 0 bridgehead atoms. The lowest BCUT2D eigenvalue weighted by atomic mass is 10.2. The number of thiocarbonyl (C=S) groups is 1. The Bertz CT molecular complexity index is 1020. The summed E-state index contributed by atoms with van der Waals surface area (Å²) in [4.78, 5) is 15.1. The SMILES string of the molecule is O=C1/C(=C/c2cc(Br)c(OCc3ccc(Cl)cc3)c(Br)c2)SC(=S)N1C[C@@H]1CCCO1. The maximum absolute atomic E-state index is 12.9. The van der Waals surface area contributed by atoms with Crippen LogP contribution >= 0.6 is 67.4 Å². The number of carbonyl (C=O) groups excluding carboxylic acids is 1. The first kappa shape index (κ1) is 23.3. The van der Waals surface area contributed by atoms with Crippen molar-refractivity contribution >= 4 is 83.7 Å². The Kier molecular flexibility index (Phi) is 7.77. The minimum absolute atomic E-state index is 0.0687. The first-order chi connectivity index (χ1) is 14.9. The lowest BCUT2D eigenvalue weighted by Gasteiger charge is -2.18. The molecule has 1 atom stereocenters. The normalized spacial score (nSPS) is 20.2. The van der Waals surface area contributed by atoms with E-state index in [-0.39, 0.29) is 12.0 Å². The number of hydrogen-bond acceptors (Lipinski definition) is 5. The van der Waals surface area contributed by atoms with Crippen LogP contribution in [-0.4, -0.2) is 34.4 Å². The molecule has 0 saturated carbocycles. The van der Waals surface area contributed by atoms with Gasteiger partial charge in [-0.05, 0) is 86.2 Å². The van der Waals surface area contributed by atoms with Crippen molar-refractivity contribution in [2.24, 2.45) is 0 Å². The van der Waals surface area contributed by atoms with Crippen LogP contribution in [0, 0.1) is 0 Å². The largest absolute Gasteiger partial charge is 0.487 e. The van der Waals surface area contributed by atoms with Gasteiger partial charge < -0.3 is 9.47 Å². The van der Waals surface area contributed by atoms with E-state index in [0.717, 1.165) is 39.5 Å². The van der Waals surface area contributed by atoms with Gasteiger partial charge in [-0.3, -0.25) is 9.69 Å². The summed E-state index contributed by atoms with van der Waals surface area (Å²) in [6.45, 7) is 1.69. The van der Waals surface area contributed by atoms with E-state index in [9.17, 15) is 4.79 Å². The molecule has 2 aliphatic heterocycles. The van der Waals surface area contributed by atoms with Gasteiger partial charge in [-0.1, -0.05) is 47.7 Å². The van der Waals surface area contributed by atoms with E-state index in [1.807, 2.05) is 42.5 Å². The highest BCUT2D eigenvalue weighted by Crippen LogP contribution is 2.38. The Morgan fingerprint density at radius 2 is 1.97 bits per heavy atom. The van der Waals surface area contributed by atoms with Gasteiger partial charge in [0.15, 0.2) is 0 Å². The van der Waals surface area contributed by atoms with Crippen molar-refractivity contribution in [3.05, 3.63) is 66.4 Å². The van der Waals surface area contributed by atoms with Crippen molar-refractivity contribution in [2.75, 3.05) is 13.2 Å². The maximum Gasteiger partial charge on any atom is 0.266 e. The molecular formula is C22H18Br2ClNO3S2. The average Bonchev–Trinajstić information content (AvgIpc) is 3.33. The summed E-state index contributed by atoms with van der Waals surface area (Å²) >= 11 is 19.8. The van der Waals surface area contributed by atoms with Crippen molar-refractivity contribution in [3.8, 4) is 5.75 Å². The summed E-state index contributed by atoms with van der Waals surface area (Å²) in [5.74, 6) is 0.624. The third-order valence-corrected chi connectivity index (χ3v) is 7.71. The van der Waals surface area contributed by atoms with E-state index in [4.69, 9.17) is 33.3 Å². The number of benzene rings is 2. The molecule has 2 heterocycles. The fourth-order valence-electron chi connectivity index (χ4n) is 3.34. The van der Waals surface area contributed by atoms with Gasteiger partial charge in [0.25, 0.3) is 5.91 Å². The molecule has 2 saturated heterocycles. The zero-order chi connectivity index (χ0) is 22.0. The first-order valence-corrected chi connectivity index (χ1v) is 12.8. The Hall–Kier alpha value is -0.900. The Morgan fingerprint density at radius 1 is 1.26 bits per heavy atom. The Balaban J connectivity index is 1.47. The second-order valence-corrected chi connectivity index (χ2v) is 11.0. The fraction of sp³-hybridized carbons (Fsp3) is 0.273. The third-order valence-electron chi connectivity index (χ3n) is 4.90. The van der Waals surface area contributed by atoms with Gasteiger partial charge in [0.1, 0.15) is 16.7 Å². The summed E-state index contributed by atoms with van der Waals surface area (Å²) < 4.78 is 13.8. The van der Waals surface area contributed by atoms with Crippen LogP contribution in [0.1, 0.15) is 24.0 Å². The van der Waals surface area contributed by atoms with Gasteiger partial charge >= 0.3 is 0 Å². The molecule has 4 nitrogen and oxygen atoms in total. The van der Waals surface area contributed by atoms with Gasteiger partial charge in [0.2, 0.25) is 0 Å². The van der Waals surface area contributed by atoms with Crippen LogP contribution in [0.2, 0.25) is 5.02 Å². The molecule has 31 heavy (non-hydrogen) atoms. The van der Waals surface area contributed by atoms with E-state index < -0.39 is 0 Å². The highest BCUT2D eigenvalue weighted by Gasteiger charge is 2.34. The van der Waals surface area contributed by atoms with Gasteiger partial charge in [-0.15, -0.1) is 0 Å². The van der Waals surface area contributed by atoms with Crippen LogP contribution in [0.4, 0.5) is 0 Å². The van der Waals surface area contributed by atoms with E-state index in [0.29, 0.717) is 33.1 Å². The van der Waals surface area contributed by atoms with E-state index in [1.54, 1.807) is 4.90 Å². The molecule has 0 radical (unpaired) electrons. The smallest absolute Gasteiger partial charge is 0.266 e. The van der Waals surface area contributed by atoms with Crippen molar-refractivity contribution < 1.29 is 14.3 Å². The van der Waals surface area contributed by atoms with Crippen LogP contribution in [0.5, 0.6) is 5.75 Å². The molecule has 2 aromatic carbocycles. The summed E-state index contributed by atoms with van der Waals surface area (Å²) in [5.41, 5.74) is 1.89. The zero-order valence-electron chi connectivity index (χ0n) is 16.3. The molecule has 2 fully saturated rings. The van der Waals surface area contributed by atoms with E-state index in [1.165, 1.54) is 11.8 Å². The van der Waals surface area contributed by atoms with Crippen molar-refractivity contribution in [3.63, 3.8) is 0 Å². The second-order valence-electron chi connectivity index (χ2n) is 7.16. The number of halogens is 3. The molecule has 0 spiro atoms. The lowest BCUT2D eigenvalue weighted by Crippen LogP contribution is -2.35. The summed E-state index contributed by atoms with van der Waals surface area (Å²) in [6.07, 6.45) is 3.92. The maximum atomic E-state index is 12.9. The average molecular weight is 604 g/mol. The van der Waals surface area contributed by atoms with E-state index in [2.05, 4.69) is 31.9 Å². The number of thioether (sulfide) groups is 1. The highest BCUT2D eigenvalue weighted by atomic mass is 79.9. The summed E-state index contributed by atoms with van der Waals surface area (Å²) in [6, 6.07) is 11.4. The topological polar surface area (TPSA) is 38.8 Å². The van der Waals surface area contributed by atoms with E-state index >= 15 is 0 Å². The van der Waals surface area contributed by atoms with Gasteiger partial charge in [-0.2, -0.15) is 0 Å². The molecule has 0 N–H and O–H groups in total. The van der Waals surface area contributed by atoms with Gasteiger partial charge in [0.05, 0.1) is 26.5 Å². The van der Waals surface area contributed by atoms with Crippen molar-refractivity contribution in [2.45, 2.75) is 25.6 Å². The zero-order valence-corrected chi connectivity index (χ0v) is 21.8. The number of amides is 1. The molecule has 9 heteroatoms. The molecule has 162 valence electrons. The third kappa shape index (κ3) is 5.72. The number of rotatable bonds is 6. The first-order valence-electron chi connectivity index (χ1n) is 9.64. The molecule has 2 aromatic rings.